The number of rotatable bonds is 3. The minimum absolute atomic E-state index is 0.238. The normalized spacial score (nSPS) is 10.8. The number of hydrogen-bond acceptors (Lipinski definition) is 6. The van der Waals surface area contributed by atoms with Crippen molar-refractivity contribution in [1.29, 1.82) is 0 Å². The van der Waals surface area contributed by atoms with E-state index in [0.29, 0.717) is 16.4 Å². The van der Waals surface area contributed by atoms with Gasteiger partial charge in [-0.2, -0.15) is 4.98 Å². The lowest BCUT2D eigenvalue weighted by molar-refractivity contribution is 0.0696. The van der Waals surface area contributed by atoms with Crippen molar-refractivity contribution in [3.05, 3.63) is 41.9 Å². The number of carboxylic acids is 1. The van der Waals surface area contributed by atoms with Crippen LogP contribution in [0.15, 0.2) is 45.0 Å². The van der Waals surface area contributed by atoms with Crippen molar-refractivity contribution in [2.75, 3.05) is 0 Å². The summed E-state index contributed by atoms with van der Waals surface area (Å²) < 4.78 is 5.08. The van der Waals surface area contributed by atoms with Crippen LogP contribution >= 0.6 is 11.8 Å². The van der Waals surface area contributed by atoms with Gasteiger partial charge < -0.3 is 9.63 Å². The third-order valence-corrected chi connectivity index (χ3v) is 3.70. The Balaban J connectivity index is 2.03. The van der Waals surface area contributed by atoms with Crippen LogP contribution in [-0.2, 0) is 0 Å². The van der Waals surface area contributed by atoms with E-state index in [-0.39, 0.29) is 5.56 Å². The molecular weight excluding hydrogens is 278 g/mol. The first-order valence-corrected chi connectivity index (χ1v) is 6.55. The standard InChI is InChI=1S/C13H9N3O3S/c1-7-10-11(19-16-7)14-6-15-12(10)20-9-4-2-3-8(5-9)13(17)18/h2-6H,1H3,(H,17,18). The second-order valence-corrected chi connectivity index (χ2v) is 5.12. The number of carbonyl (C=O) groups is 1. The van der Waals surface area contributed by atoms with Crippen LogP contribution in [0.1, 0.15) is 16.1 Å². The van der Waals surface area contributed by atoms with E-state index in [1.165, 1.54) is 18.1 Å². The van der Waals surface area contributed by atoms with Gasteiger partial charge in [0.2, 0.25) is 0 Å². The van der Waals surface area contributed by atoms with Crippen LogP contribution in [0, 0.1) is 6.92 Å². The molecule has 2 aromatic heterocycles. The zero-order valence-electron chi connectivity index (χ0n) is 10.4. The van der Waals surface area contributed by atoms with Gasteiger partial charge >= 0.3 is 5.97 Å². The van der Waals surface area contributed by atoms with Gasteiger partial charge in [-0.15, -0.1) is 0 Å². The third kappa shape index (κ3) is 2.23. The Hall–Kier alpha value is -2.41. The molecule has 0 bridgehead atoms. The molecule has 0 fully saturated rings. The van der Waals surface area contributed by atoms with Crippen molar-refractivity contribution in [2.24, 2.45) is 0 Å². The molecule has 1 N–H and O–H groups in total. The highest BCUT2D eigenvalue weighted by molar-refractivity contribution is 7.99. The Morgan fingerprint density at radius 2 is 2.20 bits per heavy atom. The Morgan fingerprint density at radius 3 is 3.00 bits per heavy atom. The zero-order valence-corrected chi connectivity index (χ0v) is 11.2. The van der Waals surface area contributed by atoms with Crippen LogP contribution in [0.5, 0.6) is 0 Å². The van der Waals surface area contributed by atoms with Crippen molar-refractivity contribution in [1.82, 2.24) is 15.1 Å². The first kappa shape index (κ1) is 12.6. The lowest BCUT2D eigenvalue weighted by Crippen LogP contribution is -1.95. The average molecular weight is 287 g/mol. The van der Waals surface area contributed by atoms with E-state index in [0.717, 1.165) is 10.3 Å². The van der Waals surface area contributed by atoms with E-state index in [1.807, 2.05) is 13.0 Å². The fourth-order valence-electron chi connectivity index (χ4n) is 1.77. The van der Waals surface area contributed by atoms with Gasteiger partial charge in [-0.25, -0.2) is 9.78 Å². The first-order valence-electron chi connectivity index (χ1n) is 5.73. The molecule has 0 spiro atoms. The number of hydrogen-bond donors (Lipinski definition) is 1. The predicted molar refractivity (Wildman–Crippen MR) is 71.9 cm³/mol. The number of aromatic nitrogens is 3. The van der Waals surface area contributed by atoms with Crippen LogP contribution in [0.4, 0.5) is 0 Å². The number of benzene rings is 1. The maximum atomic E-state index is 11.0. The van der Waals surface area contributed by atoms with Crippen LogP contribution in [-0.4, -0.2) is 26.2 Å². The number of aryl methyl sites for hydroxylation is 1. The molecule has 3 aromatic rings. The molecule has 0 aliphatic carbocycles. The molecule has 6 nitrogen and oxygen atoms in total. The Labute approximate surface area is 117 Å². The van der Waals surface area contributed by atoms with Gasteiger partial charge in [0.15, 0.2) is 0 Å². The molecule has 0 saturated carbocycles. The monoisotopic (exact) mass is 287 g/mol. The Bertz CT molecular complexity index is 800. The zero-order chi connectivity index (χ0) is 14.1. The van der Waals surface area contributed by atoms with E-state index < -0.39 is 5.97 Å². The van der Waals surface area contributed by atoms with Gasteiger partial charge in [-0.3, -0.25) is 0 Å². The summed E-state index contributed by atoms with van der Waals surface area (Å²) in [5.41, 5.74) is 1.37. The summed E-state index contributed by atoms with van der Waals surface area (Å²) in [5.74, 6) is -0.957. The van der Waals surface area contributed by atoms with E-state index in [4.69, 9.17) is 9.63 Å². The van der Waals surface area contributed by atoms with Gasteiger partial charge in [0, 0.05) is 4.90 Å². The summed E-state index contributed by atoms with van der Waals surface area (Å²) in [6, 6.07) is 6.68. The summed E-state index contributed by atoms with van der Waals surface area (Å²) in [5, 5.41) is 14.3. The molecule has 0 amide bonds. The quantitative estimate of drug-likeness (QED) is 0.741. The Morgan fingerprint density at radius 1 is 1.35 bits per heavy atom. The van der Waals surface area contributed by atoms with E-state index >= 15 is 0 Å². The van der Waals surface area contributed by atoms with Gasteiger partial charge in [0.05, 0.1) is 16.6 Å². The van der Waals surface area contributed by atoms with Crippen molar-refractivity contribution < 1.29 is 14.4 Å². The molecule has 20 heavy (non-hydrogen) atoms. The highest BCUT2D eigenvalue weighted by Gasteiger charge is 2.13. The molecule has 0 unspecified atom stereocenters. The van der Waals surface area contributed by atoms with Crippen LogP contribution in [0.3, 0.4) is 0 Å². The highest BCUT2D eigenvalue weighted by atomic mass is 32.2. The van der Waals surface area contributed by atoms with E-state index in [9.17, 15) is 4.79 Å². The number of carboxylic acid groups (broad SMARTS) is 1. The van der Waals surface area contributed by atoms with Crippen molar-refractivity contribution >= 4 is 28.8 Å². The van der Waals surface area contributed by atoms with Crippen LogP contribution in [0.25, 0.3) is 11.1 Å². The lowest BCUT2D eigenvalue weighted by Gasteiger charge is -2.02. The Kier molecular flexibility index (Phi) is 3.11. The van der Waals surface area contributed by atoms with Gasteiger partial charge in [0.1, 0.15) is 11.4 Å². The highest BCUT2D eigenvalue weighted by Crippen LogP contribution is 2.32. The van der Waals surface area contributed by atoms with E-state index in [2.05, 4.69) is 15.1 Å². The molecule has 0 saturated heterocycles. The smallest absolute Gasteiger partial charge is 0.335 e. The van der Waals surface area contributed by atoms with Crippen LogP contribution in [0.2, 0.25) is 0 Å². The number of aromatic carboxylic acids is 1. The van der Waals surface area contributed by atoms with Crippen molar-refractivity contribution in [3.8, 4) is 0 Å². The largest absolute Gasteiger partial charge is 0.478 e. The molecule has 2 heterocycles. The molecule has 7 heteroatoms. The molecule has 0 aliphatic heterocycles. The maximum Gasteiger partial charge on any atom is 0.335 e. The topological polar surface area (TPSA) is 89.1 Å². The molecule has 0 atom stereocenters. The number of nitrogens with zero attached hydrogens (tertiary/aromatic N) is 3. The van der Waals surface area contributed by atoms with Gasteiger partial charge in [0.25, 0.3) is 5.71 Å². The molecule has 0 radical (unpaired) electrons. The van der Waals surface area contributed by atoms with Crippen molar-refractivity contribution in [2.45, 2.75) is 16.8 Å². The molecule has 100 valence electrons. The number of fused-ring (bicyclic) bond motifs is 1. The minimum atomic E-state index is -0.957. The maximum absolute atomic E-state index is 11.0. The molecule has 3 rings (SSSR count). The second kappa shape index (κ2) is 4.93. The van der Waals surface area contributed by atoms with Crippen molar-refractivity contribution in [3.63, 3.8) is 0 Å². The summed E-state index contributed by atoms with van der Waals surface area (Å²) in [7, 11) is 0. The van der Waals surface area contributed by atoms with E-state index in [1.54, 1.807) is 18.2 Å². The first-order chi connectivity index (χ1) is 9.65. The SMILES string of the molecule is Cc1noc2ncnc(Sc3cccc(C(=O)O)c3)c12. The summed E-state index contributed by atoms with van der Waals surface area (Å²) in [6.07, 6.45) is 1.40. The molecule has 0 aliphatic rings. The third-order valence-electron chi connectivity index (χ3n) is 2.70. The molecular formula is C13H9N3O3S. The average Bonchev–Trinajstić information content (AvgIpc) is 2.82. The fraction of sp³-hybridized carbons (Fsp3) is 0.0769. The fourth-order valence-corrected chi connectivity index (χ4v) is 2.76. The second-order valence-electron chi connectivity index (χ2n) is 4.06. The van der Waals surface area contributed by atoms with Gasteiger partial charge in [-0.1, -0.05) is 23.0 Å². The summed E-state index contributed by atoms with van der Waals surface area (Å²) in [6.45, 7) is 1.81. The van der Waals surface area contributed by atoms with Gasteiger partial charge in [-0.05, 0) is 25.1 Å². The summed E-state index contributed by atoms with van der Waals surface area (Å²) >= 11 is 1.35. The lowest BCUT2D eigenvalue weighted by atomic mass is 10.2. The van der Waals surface area contributed by atoms with Crippen LogP contribution < -0.4 is 0 Å². The minimum Gasteiger partial charge on any atom is -0.478 e. The summed E-state index contributed by atoms with van der Waals surface area (Å²) in [4.78, 5) is 20.0. The predicted octanol–water partition coefficient (Wildman–Crippen LogP) is 2.78. The molecule has 1 aromatic carbocycles.